The summed E-state index contributed by atoms with van der Waals surface area (Å²) in [6, 6.07) is 5.85. The lowest BCUT2D eigenvalue weighted by atomic mass is 10.2. The highest BCUT2D eigenvalue weighted by Gasteiger charge is 2.05. The topological polar surface area (TPSA) is 86.6 Å². The van der Waals surface area contributed by atoms with Crippen molar-refractivity contribution in [3.8, 4) is 5.75 Å². The van der Waals surface area contributed by atoms with E-state index in [1.165, 1.54) is 18.2 Å². The normalized spacial score (nSPS) is 9.60. The second kappa shape index (κ2) is 4.99. The molecular weight excluding hydrogens is 198 g/mol. The van der Waals surface area contributed by atoms with Crippen molar-refractivity contribution in [2.75, 3.05) is 6.54 Å². The maximum Gasteiger partial charge on any atom is 0.305 e. The predicted octanol–water partition coefficient (Wildman–Crippen LogP) is 0.597. The van der Waals surface area contributed by atoms with E-state index in [4.69, 9.17) is 10.2 Å². The first kappa shape index (κ1) is 11.0. The van der Waals surface area contributed by atoms with Crippen LogP contribution in [0.25, 0.3) is 0 Å². The van der Waals surface area contributed by atoms with E-state index in [0.29, 0.717) is 5.56 Å². The minimum absolute atomic E-state index is 0.000819. The molecule has 5 nitrogen and oxygen atoms in total. The van der Waals surface area contributed by atoms with Crippen molar-refractivity contribution < 1.29 is 19.8 Å². The van der Waals surface area contributed by atoms with Crippen LogP contribution in [0.5, 0.6) is 5.75 Å². The molecule has 5 heteroatoms. The average Bonchev–Trinajstić information content (AvgIpc) is 2.17. The van der Waals surface area contributed by atoms with Gasteiger partial charge in [-0.05, 0) is 18.2 Å². The Bertz CT molecular complexity index is 375. The molecule has 0 fully saturated rings. The van der Waals surface area contributed by atoms with E-state index < -0.39 is 11.9 Å². The third-order valence-electron chi connectivity index (χ3n) is 1.73. The van der Waals surface area contributed by atoms with Gasteiger partial charge in [-0.15, -0.1) is 0 Å². The third-order valence-corrected chi connectivity index (χ3v) is 1.73. The van der Waals surface area contributed by atoms with Gasteiger partial charge in [0.25, 0.3) is 5.91 Å². The highest BCUT2D eigenvalue weighted by Crippen LogP contribution is 2.10. The highest BCUT2D eigenvalue weighted by atomic mass is 16.4. The second-order valence-electron chi connectivity index (χ2n) is 2.95. The number of carbonyl (C=O) groups is 2. The van der Waals surface area contributed by atoms with E-state index in [1.54, 1.807) is 6.07 Å². The van der Waals surface area contributed by atoms with Crippen LogP contribution < -0.4 is 5.32 Å². The van der Waals surface area contributed by atoms with Crippen molar-refractivity contribution in [1.29, 1.82) is 0 Å². The van der Waals surface area contributed by atoms with Gasteiger partial charge in [-0.3, -0.25) is 9.59 Å². The monoisotopic (exact) mass is 209 g/mol. The molecule has 1 aromatic carbocycles. The minimum atomic E-state index is -0.966. The number of aliphatic carboxylic acids is 1. The quantitative estimate of drug-likeness (QED) is 0.677. The maximum atomic E-state index is 11.4. The molecule has 15 heavy (non-hydrogen) atoms. The first-order chi connectivity index (χ1) is 7.09. The molecule has 0 aromatic heterocycles. The van der Waals surface area contributed by atoms with Crippen LogP contribution in [0.4, 0.5) is 0 Å². The fraction of sp³-hybridized carbons (Fsp3) is 0.200. The number of carbonyl (C=O) groups excluding carboxylic acids is 1. The number of hydrogen-bond acceptors (Lipinski definition) is 3. The molecule has 3 N–H and O–H groups in total. The molecule has 0 unspecified atom stereocenters. The zero-order chi connectivity index (χ0) is 11.3. The van der Waals surface area contributed by atoms with Gasteiger partial charge < -0.3 is 15.5 Å². The minimum Gasteiger partial charge on any atom is -0.508 e. The van der Waals surface area contributed by atoms with Crippen LogP contribution in [0.15, 0.2) is 24.3 Å². The number of rotatable bonds is 4. The van der Waals surface area contributed by atoms with Crippen LogP contribution in [0.1, 0.15) is 16.8 Å². The Kier molecular flexibility index (Phi) is 3.68. The molecular formula is C10H11NO4. The summed E-state index contributed by atoms with van der Waals surface area (Å²) in [7, 11) is 0. The van der Waals surface area contributed by atoms with Crippen molar-refractivity contribution in [3.63, 3.8) is 0 Å². The van der Waals surface area contributed by atoms with Gasteiger partial charge in [-0.2, -0.15) is 0 Å². The Morgan fingerprint density at radius 3 is 2.67 bits per heavy atom. The van der Waals surface area contributed by atoms with Crippen molar-refractivity contribution in [2.24, 2.45) is 0 Å². The number of phenolic OH excluding ortho intramolecular Hbond substituents is 1. The summed E-state index contributed by atoms with van der Waals surface area (Å²) in [4.78, 5) is 21.5. The molecule has 0 aliphatic carbocycles. The summed E-state index contributed by atoms with van der Waals surface area (Å²) in [5, 5.41) is 19.9. The molecule has 80 valence electrons. The summed E-state index contributed by atoms with van der Waals surface area (Å²) in [5.41, 5.74) is 0.306. The zero-order valence-electron chi connectivity index (χ0n) is 7.93. The molecule has 1 amide bonds. The van der Waals surface area contributed by atoms with Crippen LogP contribution in [0.3, 0.4) is 0 Å². The fourth-order valence-electron chi connectivity index (χ4n) is 1.03. The highest BCUT2D eigenvalue weighted by molar-refractivity contribution is 5.94. The lowest BCUT2D eigenvalue weighted by Crippen LogP contribution is -2.25. The smallest absolute Gasteiger partial charge is 0.305 e. The van der Waals surface area contributed by atoms with Crippen molar-refractivity contribution in [2.45, 2.75) is 6.42 Å². The molecule has 0 aliphatic heterocycles. The number of phenols is 1. The van der Waals surface area contributed by atoms with Crippen LogP contribution in [-0.4, -0.2) is 28.6 Å². The molecule has 0 radical (unpaired) electrons. The van der Waals surface area contributed by atoms with E-state index in [-0.39, 0.29) is 18.7 Å². The number of carboxylic acids is 1. The molecule has 0 heterocycles. The first-order valence-corrected chi connectivity index (χ1v) is 4.38. The Labute approximate surface area is 86.4 Å². The summed E-state index contributed by atoms with van der Waals surface area (Å²) < 4.78 is 0. The summed E-state index contributed by atoms with van der Waals surface area (Å²) >= 11 is 0. The lowest BCUT2D eigenvalue weighted by Gasteiger charge is -2.03. The van der Waals surface area contributed by atoms with Crippen LogP contribution >= 0.6 is 0 Å². The average molecular weight is 209 g/mol. The largest absolute Gasteiger partial charge is 0.508 e. The van der Waals surface area contributed by atoms with Gasteiger partial charge in [-0.1, -0.05) is 6.07 Å². The van der Waals surface area contributed by atoms with Crippen LogP contribution in [-0.2, 0) is 4.79 Å². The fourth-order valence-corrected chi connectivity index (χ4v) is 1.03. The summed E-state index contributed by atoms with van der Waals surface area (Å²) in [5.74, 6) is -1.36. The van der Waals surface area contributed by atoms with E-state index in [2.05, 4.69) is 5.32 Å². The number of benzene rings is 1. The lowest BCUT2D eigenvalue weighted by molar-refractivity contribution is -0.136. The molecule has 0 aliphatic rings. The molecule has 0 spiro atoms. The molecule has 0 atom stereocenters. The Balaban J connectivity index is 2.50. The molecule has 0 saturated carbocycles. The van der Waals surface area contributed by atoms with Gasteiger partial charge in [0.2, 0.25) is 0 Å². The number of nitrogens with one attached hydrogen (secondary N) is 1. The SMILES string of the molecule is O=C(O)CCNC(=O)c1cccc(O)c1. The summed E-state index contributed by atoms with van der Waals surface area (Å²) in [6.07, 6.45) is -0.120. The van der Waals surface area contributed by atoms with E-state index >= 15 is 0 Å². The van der Waals surface area contributed by atoms with Crippen molar-refractivity contribution in [3.05, 3.63) is 29.8 Å². The molecule has 0 saturated heterocycles. The van der Waals surface area contributed by atoms with Gasteiger partial charge in [0.05, 0.1) is 6.42 Å². The second-order valence-corrected chi connectivity index (χ2v) is 2.95. The maximum absolute atomic E-state index is 11.4. The van der Waals surface area contributed by atoms with Crippen LogP contribution in [0.2, 0.25) is 0 Å². The Morgan fingerprint density at radius 1 is 1.33 bits per heavy atom. The van der Waals surface area contributed by atoms with E-state index in [9.17, 15) is 9.59 Å². The van der Waals surface area contributed by atoms with Gasteiger partial charge in [0.15, 0.2) is 0 Å². The first-order valence-electron chi connectivity index (χ1n) is 4.38. The zero-order valence-corrected chi connectivity index (χ0v) is 7.93. The predicted molar refractivity (Wildman–Crippen MR) is 52.7 cm³/mol. The summed E-state index contributed by atoms with van der Waals surface area (Å²) in [6.45, 7) is 0.0732. The number of aromatic hydroxyl groups is 1. The number of hydrogen-bond donors (Lipinski definition) is 3. The third kappa shape index (κ3) is 3.68. The number of carboxylic acid groups (broad SMARTS) is 1. The van der Waals surface area contributed by atoms with Crippen molar-refractivity contribution >= 4 is 11.9 Å². The van der Waals surface area contributed by atoms with Crippen molar-refractivity contribution in [1.82, 2.24) is 5.32 Å². The van der Waals surface area contributed by atoms with Crippen LogP contribution in [0, 0.1) is 0 Å². The standard InChI is InChI=1S/C10H11NO4/c12-8-3-1-2-7(6-8)10(15)11-5-4-9(13)14/h1-3,6,12H,4-5H2,(H,11,15)(H,13,14). The number of amides is 1. The van der Waals surface area contributed by atoms with Gasteiger partial charge in [0, 0.05) is 12.1 Å². The molecule has 1 aromatic rings. The van der Waals surface area contributed by atoms with Gasteiger partial charge in [-0.25, -0.2) is 0 Å². The molecule has 0 bridgehead atoms. The molecule has 1 rings (SSSR count). The van der Waals surface area contributed by atoms with E-state index in [0.717, 1.165) is 0 Å². The van der Waals surface area contributed by atoms with E-state index in [1.807, 2.05) is 0 Å². The Morgan fingerprint density at radius 2 is 2.07 bits per heavy atom. The Hall–Kier alpha value is -2.04. The van der Waals surface area contributed by atoms with Gasteiger partial charge in [0.1, 0.15) is 5.75 Å². The van der Waals surface area contributed by atoms with Gasteiger partial charge >= 0.3 is 5.97 Å².